The number of hydrogen-bond acceptors (Lipinski definition) is 2. The molecule has 0 aliphatic carbocycles. The standard InChI is InChI=1S/C17H22N2O/c1-6-12-19(13(5)20)17-11-10-15(14(7-2)8-3)16(9-4)18-17/h6-8,10-12H,2,9H2,1,3-5H3/b12-6-,14-8+. The van der Waals surface area contributed by atoms with Crippen LogP contribution in [0.4, 0.5) is 5.82 Å². The molecule has 0 aliphatic heterocycles. The van der Waals surface area contributed by atoms with Gasteiger partial charge >= 0.3 is 0 Å². The van der Waals surface area contributed by atoms with Gasteiger partial charge in [-0.05, 0) is 38.0 Å². The fourth-order valence-electron chi connectivity index (χ4n) is 2.03. The van der Waals surface area contributed by atoms with Crippen molar-refractivity contribution in [1.29, 1.82) is 0 Å². The maximum Gasteiger partial charge on any atom is 0.229 e. The highest BCUT2D eigenvalue weighted by Crippen LogP contribution is 2.23. The van der Waals surface area contributed by atoms with Gasteiger partial charge in [0, 0.05) is 18.7 Å². The zero-order valence-electron chi connectivity index (χ0n) is 12.7. The van der Waals surface area contributed by atoms with E-state index in [1.54, 1.807) is 11.1 Å². The Balaban J connectivity index is 3.34. The number of anilines is 1. The highest BCUT2D eigenvalue weighted by Gasteiger charge is 2.13. The van der Waals surface area contributed by atoms with Crippen LogP contribution in [-0.4, -0.2) is 10.9 Å². The molecule has 20 heavy (non-hydrogen) atoms. The van der Waals surface area contributed by atoms with Crippen molar-refractivity contribution < 1.29 is 4.79 Å². The number of hydrogen-bond donors (Lipinski definition) is 0. The molecular formula is C17H22N2O. The first kappa shape index (κ1) is 15.9. The molecule has 106 valence electrons. The molecule has 0 radical (unpaired) electrons. The molecule has 1 rings (SSSR count). The Morgan fingerprint density at radius 3 is 2.55 bits per heavy atom. The van der Waals surface area contributed by atoms with E-state index in [0.29, 0.717) is 5.82 Å². The SMILES string of the molecule is C=C/C(=C\C)c1ccc(N(/C=C\C)C(C)=O)nc1CC. The van der Waals surface area contributed by atoms with Gasteiger partial charge in [-0.1, -0.05) is 31.7 Å². The van der Waals surface area contributed by atoms with Crippen molar-refractivity contribution >= 4 is 17.3 Å². The van der Waals surface area contributed by atoms with Crippen molar-refractivity contribution in [3.63, 3.8) is 0 Å². The highest BCUT2D eigenvalue weighted by atomic mass is 16.2. The van der Waals surface area contributed by atoms with E-state index in [0.717, 1.165) is 23.3 Å². The fraction of sp³-hybridized carbons (Fsp3) is 0.294. The molecule has 0 spiro atoms. The third-order valence-electron chi connectivity index (χ3n) is 3.02. The normalized spacial score (nSPS) is 11.7. The van der Waals surface area contributed by atoms with Crippen LogP contribution in [0, 0.1) is 0 Å². The molecule has 0 atom stereocenters. The lowest BCUT2D eigenvalue weighted by atomic mass is 10.0. The van der Waals surface area contributed by atoms with Crippen molar-refractivity contribution in [3.8, 4) is 0 Å². The van der Waals surface area contributed by atoms with Crippen LogP contribution >= 0.6 is 0 Å². The number of aromatic nitrogens is 1. The van der Waals surface area contributed by atoms with E-state index < -0.39 is 0 Å². The third kappa shape index (κ3) is 3.44. The van der Waals surface area contributed by atoms with Gasteiger partial charge in [-0.25, -0.2) is 4.98 Å². The molecule has 0 N–H and O–H groups in total. The van der Waals surface area contributed by atoms with Gasteiger partial charge in [-0.2, -0.15) is 0 Å². The van der Waals surface area contributed by atoms with E-state index in [1.165, 1.54) is 6.92 Å². The topological polar surface area (TPSA) is 33.2 Å². The zero-order valence-corrected chi connectivity index (χ0v) is 12.7. The van der Waals surface area contributed by atoms with Gasteiger partial charge in [0.25, 0.3) is 0 Å². The van der Waals surface area contributed by atoms with Gasteiger partial charge < -0.3 is 0 Å². The lowest BCUT2D eigenvalue weighted by molar-refractivity contribution is -0.116. The van der Waals surface area contributed by atoms with Crippen molar-refractivity contribution in [2.24, 2.45) is 0 Å². The summed E-state index contributed by atoms with van der Waals surface area (Å²) in [6.07, 6.45) is 8.19. The number of nitrogens with zero attached hydrogens (tertiary/aromatic N) is 2. The van der Waals surface area contributed by atoms with Crippen LogP contribution in [0.15, 0.2) is 43.1 Å². The van der Waals surface area contributed by atoms with Gasteiger partial charge in [0.1, 0.15) is 5.82 Å². The first-order valence-corrected chi connectivity index (χ1v) is 6.80. The van der Waals surface area contributed by atoms with E-state index in [1.807, 2.05) is 44.2 Å². The number of rotatable bonds is 5. The van der Waals surface area contributed by atoms with E-state index in [4.69, 9.17) is 0 Å². The molecule has 0 aliphatic rings. The van der Waals surface area contributed by atoms with Crippen LogP contribution in [0.5, 0.6) is 0 Å². The van der Waals surface area contributed by atoms with Crippen molar-refractivity contribution in [3.05, 3.63) is 54.4 Å². The first-order chi connectivity index (χ1) is 9.58. The van der Waals surface area contributed by atoms with Crippen LogP contribution in [0.2, 0.25) is 0 Å². The predicted molar refractivity (Wildman–Crippen MR) is 85.4 cm³/mol. The summed E-state index contributed by atoms with van der Waals surface area (Å²) in [5.74, 6) is 0.594. The minimum absolute atomic E-state index is 0.0552. The van der Waals surface area contributed by atoms with Crippen LogP contribution in [0.25, 0.3) is 5.57 Å². The van der Waals surface area contributed by atoms with E-state index in [2.05, 4.69) is 18.5 Å². The van der Waals surface area contributed by atoms with E-state index in [-0.39, 0.29) is 5.91 Å². The summed E-state index contributed by atoms with van der Waals surface area (Å²) in [6.45, 7) is 11.3. The Labute approximate surface area is 121 Å². The number of carbonyl (C=O) groups excluding carboxylic acids is 1. The summed E-state index contributed by atoms with van der Waals surface area (Å²) in [4.78, 5) is 17.8. The second kappa shape index (κ2) is 7.43. The number of amides is 1. The quantitative estimate of drug-likeness (QED) is 0.754. The van der Waals surface area contributed by atoms with Gasteiger partial charge in [0.15, 0.2) is 0 Å². The highest BCUT2D eigenvalue weighted by molar-refractivity contribution is 5.92. The Kier molecular flexibility index (Phi) is 5.91. The average molecular weight is 270 g/mol. The average Bonchev–Trinajstić information content (AvgIpc) is 2.46. The van der Waals surface area contributed by atoms with Crippen LogP contribution in [0.1, 0.15) is 39.0 Å². The molecule has 0 unspecified atom stereocenters. The summed E-state index contributed by atoms with van der Waals surface area (Å²) in [5, 5.41) is 0. The van der Waals surface area contributed by atoms with Crippen molar-refractivity contribution in [2.45, 2.75) is 34.1 Å². The molecule has 0 fully saturated rings. The summed E-state index contributed by atoms with van der Waals surface area (Å²) in [5.41, 5.74) is 3.09. The van der Waals surface area contributed by atoms with Gasteiger partial charge in [-0.15, -0.1) is 0 Å². The maximum absolute atomic E-state index is 11.7. The number of aryl methyl sites for hydroxylation is 1. The van der Waals surface area contributed by atoms with Gasteiger partial charge in [0.2, 0.25) is 5.91 Å². The Bertz CT molecular complexity index is 556. The zero-order chi connectivity index (χ0) is 15.1. The predicted octanol–water partition coefficient (Wildman–Crippen LogP) is 4.12. The molecule has 0 saturated carbocycles. The van der Waals surface area contributed by atoms with E-state index >= 15 is 0 Å². The third-order valence-corrected chi connectivity index (χ3v) is 3.02. The minimum atomic E-state index is -0.0552. The van der Waals surface area contributed by atoms with Crippen LogP contribution in [-0.2, 0) is 11.2 Å². The molecule has 1 aromatic rings. The molecule has 1 aromatic heterocycles. The summed E-state index contributed by atoms with van der Waals surface area (Å²) in [7, 11) is 0. The van der Waals surface area contributed by atoms with E-state index in [9.17, 15) is 4.79 Å². The minimum Gasteiger partial charge on any atom is -0.274 e. The van der Waals surface area contributed by atoms with Crippen molar-refractivity contribution in [1.82, 2.24) is 4.98 Å². The molecule has 3 heteroatoms. The van der Waals surface area contributed by atoms with Gasteiger partial charge in [0.05, 0.1) is 5.69 Å². The second-order valence-electron chi connectivity index (χ2n) is 4.34. The number of pyridine rings is 1. The van der Waals surface area contributed by atoms with Crippen molar-refractivity contribution in [2.75, 3.05) is 4.90 Å². The maximum atomic E-state index is 11.7. The molecule has 1 amide bonds. The van der Waals surface area contributed by atoms with Gasteiger partial charge in [-0.3, -0.25) is 9.69 Å². The van der Waals surface area contributed by atoms with Crippen LogP contribution < -0.4 is 4.90 Å². The summed E-state index contributed by atoms with van der Waals surface area (Å²) < 4.78 is 0. The molecule has 0 aromatic carbocycles. The first-order valence-electron chi connectivity index (χ1n) is 6.80. The smallest absolute Gasteiger partial charge is 0.229 e. The molecule has 0 bridgehead atoms. The summed E-state index contributed by atoms with van der Waals surface area (Å²) in [6, 6.07) is 3.86. The molecular weight excluding hydrogens is 248 g/mol. The molecule has 0 saturated heterocycles. The summed E-state index contributed by atoms with van der Waals surface area (Å²) >= 11 is 0. The lowest BCUT2D eigenvalue weighted by Gasteiger charge is -2.18. The lowest BCUT2D eigenvalue weighted by Crippen LogP contribution is -2.23. The monoisotopic (exact) mass is 270 g/mol. The Morgan fingerprint density at radius 2 is 2.10 bits per heavy atom. The fourth-order valence-corrected chi connectivity index (χ4v) is 2.03. The Hall–Kier alpha value is -2.16. The molecule has 1 heterocycles. The molecule has 3 nitrogen and oxygen atoms in total. The second-order valence-corrected chi connectivity index (χ2v) is 4.34. The van der Waals surface area contributed by atoms with Crippen LogP contribution in [0.3, 0.4) is 0 Å². The number of allylic oxidation sites excluding steroid dienone is 4. The Morgan fingerprint density at radius 1 is 1.40 bits per heavy atom. The number of carbonyl (C=O) groups is 1. The largest absolute Gasteiger partial charge is 0.274 e.